The van der Waals surface area contributed by atoms with Crippen LogP contribution in [0.3, 0.4) is 0 Å². The Morgan fingerprint density at radius 3 is 3.00 bits per heavy atom. The highest BCUT2D eigenvalue weighted by molar-refractivity contribution is 5.95. The number of rotatable bonds is 4. The predicted octanol–water partition coefficient (Wildman–Crippen LogP) is 4.90. The molecular formula is C21H21N3. The lowest BCUT2D eigenvalue weighted by molar-refractivity contribution is 0.962. The second-order valence-corrected chi connectivity index (χ2v) is 5.52. The van der Waals surface area contributed by atoms with Crippen LogP contribution in [0.1, 0.15) is 18.9 Å². The zero-order valence-corrected chi connectivity index (χ0v) is 13.9. The molecule has 1 aliphatic rings. The van der Waals surface area contributed by atoms with Crippen molar-refractivity contribution in [1.82, 2.24) is 9.55 Å². The van der Waals surface area contributed by atoms with E-state index in [0.29, 0.717) is 0 Å². The van der Waals surface area contributed by atoms with Gasteiger partial charge in [-0.3, -0.25) is 9.56 Å². The zero-order valence-electron chi connectivity index (χ0n) is 13.9. The Morgan fingerprint density at radius 1 is 1.33 bits per heavy atom. The minimum absolute atomic E-state index is 0.842. The third kappa shape index (κ3) is 3.51. The number of aromatic nitrogens is 2. The Labute approximate surface area is 143 Å². The number of aliphatic imine (C=N–C) groups is 1. The third-order valence-corrected chi connectivity index (χ3v) is 3.90. The summed E-state index contributed by atoms with van der Waals surface area (Å²) in [6.45, 7) is 6.61. The maximum atomic E-state index is 4.54. The molecule has 2 aromatic rings. The van der Waals surface area contributed by atoms with Gasteiger partial charge in [-0.2, -0.15) is 0 Å². The predicted molar refractivity (Wildman–Crippen MR) is 102 cm³/mol. The highest BCUT2D eigenvalue weighted by Crippen LogP contribution is 2.23. The van der Waals surface area contributed by atoms with Crippen molar-refractivity contribution in [3.05, 3.63) is 85.4 Å². The van der Waals surface area contributed by atoms with E-state index in [1.807, 2.05) is 36.2 Å². The SMILES string of the molecule is C=C/C=C\C(=C/C)c1cccc(-c2cn(C3=NCCC=C3)cn2)c1. The van der Waals surface area contributed by atoms with E-state index in [0.717, 1.165) is 41.2 Å². The Bertz CT molecular complexity index is 847. The minimum Gasteiger partial charge on any atom is -0.290 e. The summed E-state index contributed by atoms with van der Waals surface area (Å²) >= 11 is 0. The molecule has 2 heterocycles. The van der Waals surface area contributed by atoms with Crippen molar-refractivity contribution in [2.24, 2.45) is 4.99 Å². The summed E-state index contributed by atoms with van der Waals surface area (Å²) in [6.07, 6.45) is 16.9. The van der Waals surface area contributed by atoms with E-state index in [9.17, 15) is 0 Å². The van der Waals surface area contributed by atoms with E-state index in [1.54, 1.807) is 6.08 Å². The van der Waals surface area contributed by atoms with Crippen molar-refractivity contribution in [3.8, 4) is 11.3 Å². The normalized spacial score (nSPS) is 14.9. The molecule has 0 spiro atoms. The van der Waals surface area contributed by atoms with Crippen LogP contribution < -0.4 is 0 Å². The molecule has 0 N–H and O–H groups in total. The second kappa shape index (κ2) is 7.55. The second-order valence-electron chi connectivity index (χ2n) is 5.52. The molecule has 120 valence electrons. The molecule has 0 unspecified atom stereocenters. The Hall–Kier alpha value is -2.94. The number of dihydropyridines is 1. The Balaban J connectivity index is 1.91. The Kier molecular flexibility index (Phi) is 5.02. The molecule has 0 saturated carbocycles. The maximum Gasteiger partial charge on any atom is 0.132 e. The molecule has 1 aromatic heterocycles. The molecule has 3 heteroatoms. The van der Waals surface area contributed by atoms with Crippen molar-refractivity contribution in [2.75, 3.05) is 6.54 Å². The molecule has 3 rings (SSSR count). The van der Waals surface area contributed by atoms with E-state index < -0.39 is 0 Å². The smallest absolute Gasteiger partial charge is 0.132 e. The van der Waals surface area contributed by atoms with Gasteiger partial charge in [-0.1, -0.05) is 55.2 Å². The van der Waals surface area contributed by atoms with Gasteiger partial charge >= 0.3 is 0 Å². The van der Waals surface area contributed by atoms with Gasteiger partial charge in [-0.15, -0.1) is 0 Å². The van der Waals surface area contributed by atoms with Crippen molar-refractivity contribution >= 4 is 11.4 Å². The number of benzene rings is 1. The molecule has 0 atom stereocenters. The van der Waals surface area contributed by atoms with Gasteiger partial charge in [0.05, 0.1) is 5.69 Å². The van der Waals surface area contributed by atoms with Crippen LogP contribution in [0, 0.1) is 0 Å². The fourth-order valence-electron chi connectivity index (χ4n) is 2.65. The van der Waals surface area contributed by atoms with Crippen LogP contribution in [-0.4, -0.2) is 21.9 Å². The van der Waals surface area contributed by atoms with Gasteiger partial charge in [0.2, 0.25) is 0 Å². The molecule has 0 bridgehead atoms. The molecule has 0 saturated heterocycles. The molecule has 0 amide bonds. The lowest BCUT2D eigenvalue weighted by atomic mass is 10.0. The first kappa shape index (κ1) is 15.9. The van der Waals surface area contributed by atoms with E-state index in [1.165, 1.54) is 0 Å². The van der Waals surface area contributed by atoms with E-state index >= 15 is 0 Å². The monoisotopic (exact) mass is 315 g/mol. The molecular weight excluding hydrogens is 294 g/mol. The lowest BCUT2D eigenvalue weighted by Gasteiger charge is -2.06. The van der Waals surface area contributed by atoms with Crippen LogP contribution in [0.25, 0.3) is 16.8 Å². The average molecular weight is 315 g/mol. The van der Waals surface area contributed by atoms with Crippen molar-refractivity contribution in [2.45, 2.75) is 13.3 Å². The van der Waals surface area contributed by atoms with Crippen LogP contribution in [0.5, 0.6) is 0 Å². The minimum atomic E-state index is 0.842. The maximum absolute atomic E-state index is 4.54. The molecule has 3 nitrogen and oxygen atoms in total. The summed E-state index contributed by atoms with van der Waals surface area (Å²) in [5.41, 5.74) is 4.37. The van der Waals surface area contributed by atoms with Crippen molar-refractivity contribution < 1.29 is 0 Å². The summed E-state index contributed by atoms with van der Waals surface area (Å²) < 4.78 is 1.98. The highest BCUT2D eigenvalue weighted by atomic mass is 15.1. The van der Waals surface area contributed by atoms with Crippen LogP contribution >= 0.6 is 0 Å². The van der Waals surface area contributed by atoms with E-state index in [-0.39, 0.29) is 0 Å². The number of hydrogen-bond acceptors (Lipinski definition) is 2. The molecule has 24 heavy (non-hydrogen) atoms. The van der Waals surface area contributed by atoms with Crippen molar-refractivity contribution in [3.63, 3.8) is 0 Å². The van der Waals surface area contributed by atoms with Gasteiger partial charge < -0.3 is 0 Å². The first-order valence-electron chi connectivity index (χ1n) is 8.13. The Morgan fingerprint density at radius 2 is 2.25 bits per heavy atom. The third-order valence-electron chi connectivity index (χ3n) is 3.90. The average Bonchev–Trinajstić information content (AvgIpc) is 3.14. The fourth-order valence-corrected chi connectivity index (χ4v) is 2.65. The summed E-state index contributed by atoms with van der Waals surface area (Å²) in [7, 11) is 0. The number of imidazole rings is 1. The molecule has 1 aromatic carbocycles. The largest absolute Gasteiger partial charge is 0.290 e. The van der Waals surface area contributed by atoms with Gasteiger partial charge in [0.25, 0.3) is 0 Å². The van der Waals surface area contributed by atoms with Gasteiger partial charge in [0.1, 0.15) is 12.2 Å². The summed E-state index contributed by atoms with van der Waals surface area (Å²) in [5.74, 6) is 0.944. The molecule has 0 fully saturated rings. The van der Waals surface area contributed by atoms with Crippen molar-refractivity contribution in [1.29, 1.82) is 0 Å². The number of hydrogen-bond donors (Lipinski definition) is 0. The summed E-state index contributed by atoms with van der Waals surface area (Å²) in [6, 6.07) is 8.41. The summed E-state index contributed by atoms with van der Waals surface area (Å²) in [5, 5.41) is 0. The highest BCUT2D eigenvalue weighted by Gasteiger charge is 2.07. The molecule has 0 radical (unpaired) electrons. The standard InChI is InChI=1S/C21H21N3/c1-3-5-9-17(4-2)18-10-8-11-19(14-18)20-15-24(16-23-20)21-12-6-7-13-22-21/h3-6,8-12,14-16H,1,7,13H2,2H3/b9-5-,17-4+. The first-order valence-corrected chi connectivity index (χ1v) is 8.13. The van der Waals surface area contributed by atoms with Gasteiger partial charge in [-0.25, -0.2) is 4.98 Å². The van der Waals surface area contributed by atoms with Crippen LogP contribution in [0.4, 0.5) is 0 Å². The zero-order chi connectivity index (χ0) is 16.8. The lowest BCUT2D eigenvalue weighted by Crippen LogP contribution is -2.09. The van der Waals surface area contributed by atoms with Gasteiger partial charge in [0.15, 0.2) is 0 Å². The van der Waals surface area contributed by atoms with Crippen LogP contribution in [-0.2, 0) is 0 Å². The fraction of sp³-hybridized carbons (Fsp3) is 0.143. The van der Waals surface area contributed by atoms with E-state index in [4.69, 9.17) is 0 Å². The molecule has 0 aliphatic carbocycles. The topological polar surface area (TPSA) is 30.2 Å². The number of nitrogens with zero attached hydrogens (tertiary/aromatic N) is 3. The van der Waals surface area contributed by atoms with Gasteiger partial charge in [0, 0.05) is 18.3 Å². The first-order chi connectivity index (χ1) is 11.8. The quantitative estimate of drug-likeness (QED) is 0.738. The summed E-state index contributed by atoms with van der Waals surface area (Å²) in [4.78, 5) is 9.07. The van der Waals surface area contributed by atoms with Crippen LogP contribution in [0.2, 0.25) is 0 Å². The van der Waals surface area contributed by atoms with E-state index in [2.05, 4.69) is 59.0 Å². The molecule has 1 aliphatic heterocycles. The van der Waals surface area contributed by atoms with Crippen LogP contribution in [0.15, 0.2) is 84.8 Å². The van der Waals surface area contributed by atoms with Gasteiger partial charge in [-0.05, 0) is 36.6 Å². The number of allylic oxidation sites excluding steroid dienone is 6.